The summed E-state index contributed by atoms with van der Waals surface area (Å²) < 4.78 is 6.02. The first kappa shape index (κ1) is 38.6. The fourth-order valence-corrected chi connectivity index (χ4v) is 10.6. The highest BCUT2D eigenvalue weighted by Gasteiger charge is 2.59. The van der Waals surface area contributed by atoms with E-state index < -0.39 is 0 Å². The number of allylic oxidation sites excluding steroid dienone is 1. The van der Waals surface area contributed by atoms with Crippen molar-refractivity contribution in [2.45, 2.75) is 124 Å². The maximum Gasteiger partial charge on any atom is 0.306 e. The van der Waals surface area contributed by atoms with Crippen molar-refractivity contribution in [2.75, 3.05) is 39.3 Å². The van der Waals surface area contributed by atoms with Crippen LogP contribution in [0.4, 0.5) is 0 Å². The van der Waals surface area contributed by atoms with Crippen molar-refractivity contribution in [2.24, 2.45) is 46.3 Å². The van der Waals surface area contributed by atoms with Gasteiger partial charge in [-0.1, -0.05) is 65.5 Å². The van der Waals surface area contributed by atoms with Crippen molar-refractivity contribution in [3.63, 3.8) is 0 Å². The standard InChI is InChI=1S/C37H63N3O3.2ClH/c1-26(2)7-6-8-27(3)31-11-12-32-30-10-9-28-25-29(15-17-36(28,4)33(30)16-18-37(31,32)5)43-35(42)14-13-34(41)40-23-21-38-19-20-39-22-24-40;;/h9,26-27,29-33,38-39H,6-8,10-25H2,1-5H3;2*1H. The Balaban J connectivity index is 0.00000276. The van der Waals surface area contributed by atoms with Crippen molar-refractivity contribution < 1.29 is 14.3 Å². The first-order valence-corrected chi connectivity index (χ1v) is 18.2. The predicted octanol–water partition coefficient (Wildman–Crippen LogP) is 7.58. The molecule has 0 aromatic heterocycles. The molecule has 3 saturated carbocycles. The Labute approximate surface area is 287 Å². The zero-order valence-electron chi connectivity index (χ0n) is 29.0. The lowest BCUT2D eigenvalue weighted by Gasteiger charge is -2.58. The molecule has 8 unspecified atom stereocenters. The van der Waals surface area contributed by atoms with Gasteiger partial charge in [0.05, 0.1) is 6.42 Å². The van der Waals surface area contributed by atoms with Gasteiger partial charge in [-0.05, 0) is 91.3 Å². The van der Waals surface area contributed by atoms with Crippen molar-refractivity contribution in [1.82, 2.24) is 15.5 Å². The molecule has 2 N–H and O–H groups in total. The van der Waals surface area contributed by atoms with E-state index in [0.29, 0.717) is 18.5 Å². The molecule has 1 saturated heterocycles. The van der Waals surface area contributed by atoms with Crippen molar-refractivity contribution in [1.29, 1.82) is 0 Å². The topological polar surface area (TPSA) is 70.7 Å². The molecule has 1 amide bonds. The van der Waals surface area contributed by atoms with Gasteiger partial charge in [-0.3, -0.25) is 9.59 Å². The predicted molar refractivity (Wildman–Crippen MR) is 189 cm³/mol. The SMILES string of the molecule is CC(C)CCCC(C)C1CCC2C3CC=C4CC(OC(=O)CCC(=O)N5CCNCCNCC5)CCC4(C)C3CCC12C.Cl.Cl. The molecular formula is C37H65Cl2N3O3. The van der Waals surface area contributed by atoms with Gasteiger partial charge in [0, 0.05) is 52.1 Å². The van der Waals surface area contributed by atoms with Gasteiger partial charge in [0.25, 0.3) is 0 Å². The summed E-state index contributed by atoms with van der Waals surface area (Å²) in [7, 11) is 0. The Hall–Kier alpha value is -0.820. The molecule has 0 aromatic rings. The fourth-order valence-electron chi connectivity index (χ4n) is 10.6. The van der Waals surface area contributed by atoms with Crippen LogP contribution in [0.5, 0.6) is 0 Å². The molecule has 8 atom stereocenters. The monoisotopic (exact) mass is 669 g/mol. The van der Waals surface area contributed by atoms with E-state index in [2.05, 4.69) is 51.3 Å². The summed E-state index contributed by atoms with van der Waals surface area (Å²) in [4.78, 5) is 27.5. The molecule has 5 aliphatic rings. The van der Waals surface area contributed by atoms with E-state index in [-0.39, 0.29) is 61.1 Å². The van der Waals surface area contributed by atoms with Crippen LogP contribution in [0.25, 0.3) is 0 Å². The molecule has 1 heterocycles. The number of hydrogen-bond donors (Lipinski definition) is 2. The third-order valence-electron chi connectivity index (χ3n) is 13.0. The summed E-state index contributed by atoms with van der Waals surface area (Å²) in [6.07, 6.45) is 17.0. The first-order chi connectivity index (χ1) is 20.6. The zero-order valence-corrected chi connectivity index (χ0v) is 30.7. The van der Waals surface area contributed by atoms with Gasteiger partial charge in [-0.2, -0.15) is 0 Å². The molecule has 0 aromatic carbocycles. The van der Waals surface area contributed by atoms with Crippen LogP contribution < -0.4 is 10.6 Å². The molecule has 45 heavy (non-hydrogen) atoms. The van der Waals surface area contributed by atoms with Gasteiger partial charge < -0.3 is 20.3 Å². The molecule has 1 aliphatic heterocycles. The summed E-state index contributed by atoms with van der Waals surface area (Å²) in [5.74, 6) is 4.89. The van der Waals surface area contributed by atoms with Crippen molar-refractivity contribution >= 4 is 36.7 Å². The van der Waals surface area contributed by atoms with Gasteiger partial charge in [0.1, 0.15) is 6.10 Å². The number of fused-ring (bicyclic) bond motifs is 5. The Bertz CT molecular complexity index is 997. The van der Waals surface area contributed by atoms with E-state index in [9.17, 15) is 9.59 Å². The smallest absolute Gasteiger partial charge is 0.306 e. The number of nitrogens with one attached hydrogen (secondary N) is 2. The Morgan fingerprint density at radius 3 is 2.31 bits per heavy atom. The van der Waals surface area contributed by atoms with E-state index in [0.717, 1.165) is 80.9 Å². The van der Waals surface area contributed by atoms with Crippen LogP contribution in [0.15, 0.2) is 11.6 Å². The third-order valence-corrected chi connectivity index (χ3v) is 13.0. The van der Waals surface area contributed by atoms with E-state index in [1.54, 1.807) is 5.57 Å². The highest BCUT2D eigenvalue weighted by molar-refractivity contribution is 5.85. The van der Waals surface area contributed by atoms with Gasteiger partial charge in [-0.15, -0.1) is 24.8 Å². The second kappa shape index (κ2) is 17.0. The van der Waals surface area contributed by atoms with Crippen LogP contribution in [0.2, 0.25) is 0 Å². The lowest BCUT2D eigenvalue weighted by Crippen LogP contribution is -2.51. The summed E-state index contributed by atoms with van der Waals surface area (Å²) in [5.41, 5.74) is 2.34. The number of halogens is 2. The number of amides is 1. The van der Waals surface area contributed by atoms with Crippen molar-refractivity contribution in [3.8, 4) is 0 Å². The molecule has 4 aliphatic carbocycles. The average molecular weight is 671 g/mol. The number of rotatable bonds is 9. The summed E-state index contributed by atoms with van der Waals surface area (Å²) in [6, 6.07) is 0. The summed E-state index contributed by atoms with van der Waals surface area (Å²) in [6.45, 7) is 17.4. The summed E-state index contributed by atoms with van der Waals surface area (Å²) >= 11 is 0. The van der Waals surface area contributed by atoms with Crippen LogP contribution in [-0.2, 0) is 14.3 Å². The molecule has 8 heteroatoms. The largest absolute Gasteiger partial charge is 0.462 e. The summed E-state index contributed by atoms with van der Waals surface area (Å²) in [5, 5.41) is 6.70. The molecule has 4 fully saturated rings. The van der Waals surface area contributed by atoms with E-state index >= 15 is 0 Å². The number of ether oxygens (including phenoxy) is 1. The molecule has 0 bridgehead atoms. The Morgan fingerprint density at radius 1 is 0.911 bits per heavy atom. The third kappa shape index (κ3) is 8.81. The van der Waals surface area contributed by atoms with Crippen LogP contribution in [0.1, 0.15) is 118 Å². The molecule has 0 radical (unpaired) electrons. The number of carbonyl (C=O) groups is 2. The Kier molecular flexibility index (Phi) is 14.6. The normalized spacial score (nSPS) is 35.6. The zero-order chi connectivity index (χ0) is 30.6. The molecule has 260 valence electrons. The number of nitrogens with zero attached hydrogens (tertiary/aromatic N) is 1. The van der Waals surface area contributed by atoms with Gasteiger partial charge in [-0.25, -0.2) is 0 Å². The minimum Gasteiger partial charge on any atom is -0.462 e. The lowest BCUT2D eigenvalue weighted by molar-refractivity contribution is -0.153. The average Bonchev–Trinajstić information content (AvgIpc) is 3.39. The maximum absolute atomic E-state index is 12.9. The number of esters is 1. The number of carbonyl (C=O) groups excluding carboxylic acids is 2. The second-order valence-electron chi connectivity index (χ2n) is 16.0. The van der Waals surface area contributed by atoms with E-state index in [1.807, 2.05) is 4.90 Å². The highest BCUT2D eigenvalue weighted by atomic mass is 35.5. The lowest BCUT2D eigenvalue weighted by atomic mass is 9.47. The maximum atomic E-state index is 12.9. The number of hydrogen-bond acceptors (Lipinski definition) is 5. The van der Waals surface area contributed by atoms with E-state index in [1.165, 1.54) is 51.4 Å². The van der Waals surface area contributed by atoms with Gasteiger partial charge in [0.2, 0.25) is 5.91 Å². The molecule has 5 rings (SSSR count). The molecule has 6 nitrogen and oxygen atoms in total. The van der Waals surface area contributed by atoms with Crippen LogP contribution in [-0.4, -0.2) is 62.1 Å². The van der Waals surface area contributed by atoms with Gasteiger partial charge in [0.15, 0.2) is 0 Å². The first-order valence-electron chi connectivity index (χ1n) is 18.2. The van der Waals surface area contributed by atoms with E-state index in [4.69, 9.17) is 4.74 Å². The Morgan fingerprint density at radius 2 is 1.62 bits per heavy atom. The molecular weight excluding hydrogens is 605 g/mol. The minimum absolute atomic E-state index is 0. The van der Waals surface area contributed by atoms with Crippen molar-refractivity contribution in [3.05, 3.63) is 11.6 Å². The fraction of sp³-hybridized carbons (Fsp3) is 0.892. The quantitative estimate of drug-likeness (QED) is 0.196. The van der Waals surface area contributed by atoms with Gasteiger partial charge >= 0.3 is 5.97 Å². The minimum atomic E-state index is -0.204. The highest BCUT2D eigenvalue weighted by Crippen LogP contribution is 2.67. The molecule has 0 spiro atoms. The second-order valence-corrected chi connectivity index (χ2v) is 16.0. The van der Waals surface area contributed by atoms with Crippen LogP contribution in [0.3, 0.4) is 0 Å². The van der Waals surface area contributed by atoms with Crippen LogP contribution >= 0.6 is 24.8 Å². The van der Waals surface area contributed by atoms with Crippen LogP contribution in [0, 0.1) is 46.3 Å².